The van der Waals surface area contributed by atoms with Crippen LogP contribution in [-0.2, 0) is 0 Å². The van der Waals surface area contributed by atoms with Crippen molar-refractivity contribution in [3.05, 3.63) is 23.8 Å². The van der Waals surface area contributed by atoms with E-state index in [-0.39, 0.29) is 35.8 Å². The van der Waals surface area contributed by atoms with Crippen molar-refractivity contribution in [2.75, 3.05) is 21.2 Å². The van der Waals surface area contributed by atoms with Crippen molar-refractivity contribution in [2.45, 2.75) is 25.2 Å². The minimum Gasteiger partial charge on any atom is -0.504 e. The van der Waals surface area contributed by atoms with Crippen molar-refractivity contribution >= 4 is 12.1 Å². The molecule has 24 heavy (non-hydrogen) atoms. The lowest BCUT2D eigenvalue weighted by molar-refractivity contribution is 0.0247. The number of benzene rings is 1. The molecule has 0 spiro atoms. The van der Waals surface area contributed by atoms with Gasteiger partial charge in [0.05, 0.1) is 13.2 Å². The Hall–Kier alpha value is -2.64. The first kappa shape index (κ1) is 16.2. The summed E-state index contributed by atoms with van der Waals surface area (Å²) in [5.41, 5.74) is 0.841. The number of fused-ring (bicyclic) bond motifs is 1. The fourth-order valence-corrected chi connectivity index (χ4v) is 3.63. The predicted octanol–water partition coefficient (Wildman–Crippen LogP) is 1.08. The summed E-state index contributed by atoms with van der Waals surface area (Å²) in [5.74, 6) is 0.330. The van der Waals surface area contributed by atoms with Crippen molar-refractivity contribution in [1.82, 2.24) is 20.4 Å². The number of hydrogen-bond donors (Lipinski definition) is 3. The zero-order chi connectivity index (χ0) is 17.6. The summed E-state index contributed by atoms with van der Waals surface area (Å²) in [7, 11) is 4.87. The molecule has 3 rings (SSSR count). The Morgan fingerprint density at radius 2 is 1.79 bits per heavy atom. The number of hydrogen-bond acceptors (Lipinski definition) is 4. The molecule has 4 amide bonds. The third-order valence-electron chi connectivity index (χ3n) is 4.95. The van der Waals surface area contributed by atoms with E-state index in [1.54, 1.807) is 37.2 Å². The first-order valence-corrected chi connectivity index (χ1v) is 7.78. The second-order valence-corrected chi connectivity index (χ2v) is 6.31. The summed E-state index contributed by atoms with van der Waals surface area (Å²) in [4.78, 5) is 27.6. The van der Waals surface area contributed by atoms with Gasteiger partial charge in [0.15, 0.2) is 11.5 Å². The zero-order valence-electron chi connectivity index (χ0n) is 14.1. The topological polar surface area (TPSA) is 94.1 Å². The van der Waals surface area contributed by atoms with E-state index in [1.807, 2.05) is 6.92 Å². The molecule has 3 N–H and O–H groups in total. The van der Waals surface area contributed by atoms with Gasteiger partial charge in [-0.25, -0.2) is 9.59 Å². The molecular weight excluding hydrogens is 312 g/mol. The van der Waals surface area contributed by atoms with Crippen LogP contribution in [0.1, 0.15) is 18.5 Å². The Morgan fingerprint density at radius 1 is 1.12 bits per heavy atom. The van der Waals surface area contributed by atoms with Gasteiger partial charge in [-0.15, -0.1) is 0 Å². The minimum absolute atomic E-state index is 0.0443. The van der Waals surface area contributed by atoms with Gasteiger partial charge in [0.25, 0.3) is 0 Å². The van der Waals surface area contributed by atoms with E-state index in [9.17, 15) is 14.7 Å². The number of aromatic hydroxyl groups is 1. The van der Waals surface area contributed by atoms with Gasteiger partial charge in [0.2, 0.25) is 0 Å². The molecule has 0 saturated carbocycles. The van der Waals surface area contributed by atoms with E-state index in [0.717, 1.165) is 5.56 Å². The number of carbonyl (C=O) groups is 2. The molecule has 4 atom stereocenters. The number of urea groups is 2. The van der Waals surface area contributed by atoms with Crippen LogP contribution in [0.2, 0.25) is 0 Å². The SMILES string of the molecule is COc1cc([C@@H]2[C@@H]3[C@@H](NC(=O)N2C)N(C)C(=O)N[C@@H]3C)ccc1O. The second kappa shape index (κ2) is 5.77. The Bertz CT molecular complexity index is 680. The number of carbonyl (C=O) groups excluding carboxylic acids is 2. The van der Waals surface area contributed by atoms with Crippen LogP contribution in [0.15, 0.2) is 18.2 Å². The number of rotatable bonds is 2. The third kappa shape index (κ3) is 2.38. The van der Waals surface area contributed by atoms with Crippen LogP contribution in [0.4, 0.5) is 9.59 Å². The lowest BCUT2D eigenvalue weighted by Gasteiger charge is -2.52. The molecule has 0 aliphatic carbocycles. The summed E-state index contributed by atoms with van der Waals surface area (Å²) in [5, 5.41) is 15.7. The summed E-state index contributed by atoms with van der Waals surface area (Å²) in [6.07, 6.45) is -0.401. The quantitative estimate of drug-likeness (QED) is 0.754. The number of phenolic OH excluding ortho intramolecular Hbond substituents is 1. The first-order valence-electron chi connectivity index (χ1n) is 7.78. The van der Waals surface area contributed by atoms with Crippen molar-refractivity contribution in [3.8, 4) is 11.5 Å². The van der Waals surface area contributed by atoms with Crippen LogP contribution in [-0.4, -0.2) is 60.4 Å². The second-order valence-electron chi connectivity index (χ2n) is 6.31. The van der Waals surface area contributed by atoms with Gasteiger partial charge < -0.3 is 30.3 Å². The normalized spacial score (nSPS) is 29.7. The van der Waals surface area contributed by atoms with E-state index >= 15 is 0 Å². The van der Waals surface area contributed by atoms with Gasteiger partial charge >= 0.3 is 12.1 Å². The third-order valence-corrected chi connectivity index (χ3v) is 4.95. The smallest absolute Gasteiger partial charge is 0.319 e. The summed E-state index contributed by atoms with van der Waals surface area (Å²) >= 11 is 0. The van der Waals surface area contributed by atoms with Gasteiger partial charge in [-0.3, -0.25) is 0 Å². The molecule has 130 valence electrons. The Balaban J connectivity index is 2.06. The fraction of sp³-hybridized carbons (Fsp3) is 0.500. The number of nitrogens with one attached hydrogen (secondary N) is 2. The molecule has 1 aromatic rings. The largest absolute Gasteiger partial charge is 0.504 e. The van der Waals surface area contributed by atoms with E-state index in [0.29, 0.717) is 5.75 Å². The lowest BCUT2D eigenvalue weighted by Crippen LogP contribution is -2.71. The molecule has 2 fully saturated rings. The molecule has 2 heterocycles. The van der Waals surface area contributed by atoms with Crippen molar-refractivity contribution in [3.63, 3.8) is 0 Å². The Kier molecular flexibility index (Phi) is 3.90. The Labute approximate surface area is 140 Å². The zero-order valence-corrected chi connectivity index (χ0v) is 14.1. The molecule has 8 heteroatoms. The standard InChI is InChI=1S/C16H22N4O4/c1-8-12-13(9-5-6-10(21)11(7-9)24-4)19(2)16(23)18-14(12)20(3)15(22)17-8/h5-8,12-14,21H,1-4H3,(H,17,22)(H,18,23)/t8-,12-,13-,14+/m1/s1. The number of ether oxygens (including phenoxy) is 1. The number of methoxy groups -OCH3 is 1. The molecular formula is C16H22N4O4. The fourth-order valence-electron chi connectivity index (χ4n) is 3.63. The van der Waals surface area contributed by atoms with Crippen molar-refractivity contribution < 1.29 is 19.4 Å². The minimum atomic E-state index is -0.401. The molecule has 1 aromatic carbocycles. The van der Waals surface area contributed by atoms with Crippen molar-refractivity contribution in [1.29, 1.82) is 0 Å². The highest BCUT2D eigenvalue weighted by molar-refractivity contribution is 5.80. The van der Waals surface area contributed by atoms with Crippen molar-refractivity contribution in [2.24, 2.45) is 5.92 Å². The highest BCUT2D eigenvalue weighted by Crippen LogP contribution is 2.40. The number of amides is 4. The van der Waals surface area contributed by atoms with Crippen LogP contribution in [0.5, 0.6) is 11.5 Å². The molecule has 2 aliphatic heterocycles. The van der Waals surface area contributed by atoms with E-state index < -0.39 is 6.17 Å². The van der Waals surface area contributed by atoms with Crippen LogP contribution >= 0.6 is 0 Å². The van der Waals surface area contributed by atoms with E-state index in [4.69, 9.17) is 4.74 Å². The molecule has 0 radical (unpaired) electrons. The first-order chi connectivity index (χ1) is 11.3. The monoisotopic (exact) mass is 334 g/mol. The maximum atomic E-state index is 12.4. The molecule has 0 aromatic heterocycles. The van der Waals surface area contributed by atoms with Gasteiger partial charge in [-0.1, -0.05) is 6.07 Å². The maximum Gasteiger partial charge on any atom is 0.319 e. The summed E-state index contributed by atoms with van der Waals surface area (Å²) in [6, 6.07) is 4.20. The van der Waals surface area contributed by atoms with E-state index in [1.165, 1.54) is 12.0 Å². The maximum absolute atomic E-state index is 12.4. The molecule has 0 bridgehead atoms. The van der Waals surface area contributed by atoms with Gasteiger partial charge in [-0.05, 0) is 24.6 Å². The number of nitrogens with zero attached hydrogens (tertiary/aromatic N) is 2. The lowest BCUT2D eigenvalue weighted by atomic mass is 9.81. The molecule has 8 nitrogen and oxygen atoms in total. The average Bonchev–Trinajstić information content (AvgIpc) is 2.55. The molecule has 0 unspecified atom stereocenters. The van der Waals surface area contributed by atoms with Crippen LogP contribution in [0.3, 0.4) is 0 Å². The van der Waals surface area contributed by atoms with E-state index in [2.05, 4.69) is 10.6 Å². The van der Waals surface area contributed by atoms with Gasteiger partial charge in [0, 0.05) is 26.1 Å². The molecule has 2 saturated heterocycles. The Morgan fingerprint density at radius 3 is 2.46 bits per heavy atom. The highest BCUT2D eigenvalue weighted by atomic mass is 16.5. The van der Waals surface area contributed by atoms with Crippen LogP contribution < -0.4 is 15.4 Å². The number of phenols is 1. The highest BCUT2D eigenvalue weighted by Gasteiger charge is 2.49. The molecule has 2 aliphatic rings. The summed E-state index contributed by atoms with van der Waals surface area (Å²) < 4.78 is 5.19. The van der Waals surface area contributed by atoms with Crippen LogP contribution in [0, 0.1) is 5.92 Å². The van der Waals surface area contributed by atoms with Gasteiger partial charge in [-0.2, -0.15) is 0 Å². The average molecular weight is 334 g/mol. The van der Waals surface area contributed by atoms with Gasteiger partial charge in [0.1, 0.15) is 6.17 Å². The predicted molar refractivity (Wildman–Crippen MR) is 86.7 cm³/mol. The van der Waals surface area contributed by atoms with Crippen LogP contribution in [0.25, 0.3) is 0 Å². The summed E-state index contributed by atoms with van der Waals surface area (Å²) in [6.45, 7) is 1.93.